The van der Waals surface area contributed by atoms with E-state index in [4.69, 9.17) is 4.84 Å². The minimum Gasteiger partial charge on any atom is -0.327 e. The lowest BCUT2D eigenvalue weighted by molar-refractivity contribution is 0.0936. The predicted molar refractivity (Wildman–Crippen MR) is 136 cm³/mol. The molecule has 2 N–H and O–H groups in total. The Morgan fingerprint density at radius 3 is 2.56 bits per heavy atom. The molecule has 5 rings (SSSR count). The number of carbonyl (C=O) groups excluding carboxylic acids is 2. The molecule has 0 radical (unpaired) electrons. The van der Waals surface area contributed by atoms with Crippen LogP contribution in [0.2, 0.25) is 0 Å². The Balaban J connectivity index is 1.31. The summed E-state index contributed by atoms with van der Waals surface area (Å²) >= 11 is 0. The van der Waals surface area contributed by atoms with E-state index in [0.717, 1.165) is 41.4 Å². The molecule has 4 aromatic rings. The number of para-hydroxylation sites is 1. The molecule has 2 unspecified atom stereocenters. The largest absolute Gasteiger partial charge is 0.459 e. The van der Waals surface area contributed by atoms with Crippen molar-refractivity contribution >= 4 is 23.0 Å². The van der Waals surface area contributed by atoms with Crippen LogP contribution in [0.15, 0.2) is 79.0 Å². The van der Waals surface area contributed by atoms with Crippen molar-refractivity contribution < 1.29 is 14.4 Å². The van der Waals surface area contributed by atoms with Crippen molar-refractivity contribution in [2.24, 2.45) is 0 Å². The van der Waals surface area contributed by atoms with E-state index in [9.17, 15) is 9.59 Å². The van der Waals surface area contributed by atoms with Gasteiger partial charge in [0.25, 0.3) is 0 Å². The number of hydrogen-bond donors (Lipinski definition) is 2. The normalized spacial score (nSPS) is 16.9. The maximum absolute atomic E-state index is 12.9. The summed E-state index contributed by atoms with van der Waals surface area (Å²) in [5.74, 6) is 0. The topological polar surface area (TPSA) is 101 Å². The van der Waals surface area contributed by atoms with Crippen molar-refractivity contribution in [3.05, 3.63) is 84.6 Å². The molecule has 0 bridgehead atoms. The molecule has 2 atom stereocenters. The number of aromatic nitrogens is 3. The third-order valence-corrected chi connectivity index (χ3v) is 6.56. The predicted octanol–water partition coefficient (Wildman–Crippen LogP) is 4.52. The first-order valence-corrected chi connectivity index (χ1v) is 12.0. The van der Waals surface area contributed by atoms with E-state index in [1.807, 2.05) is 60.7 Å². The van der Waals surface area contributed by atoms with Crippen LogP contribution in [-0.2, 0) is 4.84 Å². The van der Waals surface area contributed by atoms with Gasteiger partial charge in [0.1, 0.15) is 5.69 Å². The number of nitrogens with one attached hydrogen (secondary N) is 2. The summed E-state index contributed by atoms with van der Waals surface area (Å²) in [6.45, 7) is 0.970. The fraction of sp³-hybridized carbons (Fsp3) is 0.259. The summed E-state index contributed by atoms with van der Waals surface area (Å²) < 4.78 is 1.13. The van der Waals surface area contributed by atoms with E-state index in [0.29, 0.717) is 16.9 Å². The van der Waals surface area contributed by atoms with Gasteiger partial charge in [0.2, 0.25) is 0 Å². The Morgan fingerprint density at radius 1 is 1.00 bits per heavy atom. The molecule has 9 heteroatoms. The van der Waals surface area contributed by atoms with Crippen molar-refractivity contribution in [2.45, 2.75) is 31.3 Å². The van der Waals surface area contributed by atoms with Crippen molar-refractivity contribution in [1.82, 2.24) is 30.5 Å². The van der Waals surface area contributed by atoms with Crippen LogP contribution in [0.5, 0.6) is 0 Å². The van der Waals surface area contributed by atoms with Gasteiger partial charge >= 0.3 is 12.1 Å². The summed E-state index contributed by atoms with van der Waals surface area (Å²) in [7, 11) is 2.07. The van der Waals surface area contributed by atoms with Gasteiger partial charge in [0.05, 0.1) is 17.3 Å². The quantitative estimate of drug-likeness (QED) is 0.413. The Hall–Kier alpha value is -4.24. The third kappa shape index (κ3) is 4.92. The molecule has 0 saturated carbocycles. The lowest BCUT2D eigenvalue weighted by Crippen LogP contribution is -2.49. The van der Waals surface area contributed by atoms with E-state index >= 15 is 0 Å². The van der Waals surface area contributed by atoms with Crippen LogP contribution >= 0.6 is 0 Å². The molecule has 36 heavy (non-hydrogen) atoms. The van der Waals surface area contributed by atoms with Crippen LogP contribution in [0.4, 0.5) is 9.59 Å². The van der Waals surface area contributed by atoms with Crippen LogP contribution in [0.3, 0.4) is 0 Å². The molecule has 1 fully saturated rings. The first-order chi connectivity index (χ1) is 17.6. The number of hydrogen-bond acceptors (Lipinski definition) is 6. The maximum Gasteiger partial charge on any atom is 0.459 e. The van der Waals surface area contributed by atoms with Crippen LogP contribution in [0.25, 0.3) is 22.3 Å². The highest BCUT2D eigenvalue weighted by molar-refractivity contribution is 5.97. The highest BCUT2D eigenvalue weighted by atomic mass is 16.7. The summed E-state index contributed by atoms with van der Waals surface area (Å²) in [4.78, 5) is 37.5. The van der Waals surface area contributed by atoms with Gasteiger partial charge in [-0.2, -0.15) is 15.3 Å². The monoisotopic (exact) mass is 484 g/mol. The Bertz CT molecular complexity index is 1340. The second-order valence-electron chi connectivity index (χ2n) is 8.87. The van der Waals surface area contributed by atoms with Gasteiger partial charge < -0.3 is 15.1 Å². The van der Waals surface area contributed by atoms with Gasteiger partial charge in [-0.05, 0) is 50.2 Å². The molecule has 1 saturated heterocycles. The van der Waals surface area contributed by atoms with E-state index in [1.165, 1.54) is 0 Å². The lowest BCUT2D eigenvalue weighted by Gasteiger charge is -2.38. The average molecular weight is 485 g/mol. The van der Waals surface area contributed by atoms with Gasteiger partial charge in [-0.25, -0.2) is 9.59 Å². The molecule has 0 spiro atoms. The summed E-state index contributed by atoms with van der Waals surface area (Å²) in [5, 5.41) is 8.18. The van der Waals surface area contributed by atoms with Crippen molar-refractivity contribution in [3.63, 3.8) is 0 Å². The number of carbonyl (C=O) groups is 2. The molecular weight excluding hydrogens is 456 g/mol. The average Bonchev–Trinajstić information content (AvgIpc) is 3.32. The van der Waals surface area contributed by atoms with Gasteiger partial charge in [0, 0.05) is 17.6 Å². The molecule has 9 nitrogen and oxygen atoms in total. The number of hydroxylamine groups is 1. The Labute approximate surface area is 209 Å². The number of urea groups is 1. The number of likely N-dealkylation sites (N-methyl/N-ethyl adjacent to an activating group) is 1. The molecule has 0 aliphatic carbocycles. The zero-order valence-electron chi connectivity index (χ0n) is 20.0. The zero-order chi connectivity index (χ0) is 24.9. The molecule has 3 heterocycles. The number of piperidine rings is 1. The molecule has 184 valence electrons. The van der Waals surface area contributed by atoms with E-state index < -0.39 is 12.1 Å². The Morgan fingerprint density at radius 2 is 1.78 bits per heavy atom. The summed E-state index contributed by atoms with van der Waals surface area (Å²) in [5.41, 5.74) is 4.99. The molecule has 1 aliphatic heterocycles. The van der Waals surface area contributed by atoms with Gasteiger partial charge in [-0.1, -0.05) is 61.0 Å². The highest BCUT2D eigenvalue weighted by Crippen LogP contribution is 2.28. The van der Waals surface area contributed by atoms with E-state index in [-0.39, 0.29) is 12.1 Å². The molecule has 1 aliphatic rings. The van der Waals surface area contributed by atoms with Gasteiger partial charge in [-0.15, -0.1) is 0 Å². The molecule has 2 amide bonds. The number of likely N-dealkylation sites (tertiary alicyclic amines) is 1. The smallest absolute Gasteiger partial charge is 0.327 e. The third-order valence-electron chi connectivity index (χ3n) is 6.56. The first-order valence-electron chi connectivity index (χ1n) is 12.0. The minimum atomic E-state index is -0.824. The SMILES string of the molecule is CN1CCCCC1C(NC(=O)NOC(=O)n1nc(-c2ccccn2)c2ccccc21)c1ccccc1. The fourth-order valence-electron chi connectivity index (χ4n) is 4.79. The second kappa shape index (κ2) is 10.6. The van der Waals surface area contributed by atoms with Crippen molar-refractivity contribution in [2.75, 3.05) is 13.6 Å². The number of rotatable bonds is 4. The van der Waals surface area contributed by atoms with E-state index in [2.05, 4.69) is 32.8 Å². The summed E-state index contributed by atoms with van der Waals surface area (Å²) in [6.07, 6.45) is 4.04. The number of fused-ring (bicyclic) bond motifs is 1. The lowest BCUT2D eigenvalue weighted by atomic mass is 9.91. The maximum atomic E-state index is 12.9. The highest BCUT2D eigenvalue weighted by Gasteiger charge is 2.30. The Kier molecular flexibility index (Phi) is 6.90. The fourth-order valence-corrected chi connectivity index (χ4v) is 4.79. The van der Waals surface area contributed by atoms with E-state index in [1.54, 1.807) is 18.3 Å². The molecular formula is C27H28N6O3. The standard InChI is InChI=1S/C27H28N6O3/c1-32-18-10-8-16-23(32)24(19-11-3-2-4-12-19)29-26(34)31-36-27(35)33-22-15-6-5-13-20(22)25(30-33)21-14-7-9-17-28-21/h2-7,9,11-15,17,23-24H,8,10,16,18H2,1H3,(H2,29,31,34). The number of amides is 2. The van der Waals surface area contributed by atoms with Gasteiger partial charge in [-0.3, -0.25) is 4.98 Å². The first kappa shape index (κ1) is 23.5. The van der Waals surface area contributed by atoms with Crippen molar-refractivity contribution in [3.8, 4) is 11.4 Å². The number of pyridine rings is 1. The van der Waals surface area contributed by atoms with Crippen molar-refractivity contribution in [1.29, 1.82) is 0 Å². The summed E-state index contributed by atoms with van der Waals surface area (Å²) in [6, 6.07) is 21.9. The van der Waals surface area contributed by atoms with Crippen LogP contribution < -0.4 is 10.8 Å². The zero-order valence-corrected chi connectivity index (χ0v) is 20.0. The van der Waals surface area contributed by atoms with Crippen LogP contribution in [0.1, 0.15) is 30.9 Å². The molecule has 2 aromatic heterocycles. The van der Waals surface area contributed by atoms with Gasteiger partial charge in [0.15, 0.2) is 0 Å². The number of benzene rings is 2. The second-order valence-corrected chi connectivity index (χ2v) is 8.87. The van der Waals surface area contributed by atoms with Crippen LogP contribution in [-0.4, -0.2) is 51.4 Å². The number of nitrogens with zero attached hydrogens (tertiary/aromatic N) is 4. The van der Waals surface area contributed by atoms with Crippen LogP contribution in [0, 0.1) is 0 Å². The molecule has 2 aromatic carbocycles. The minimum absolute atomic E-state index is 0.138.